The summed E-state index contributed by atoms with van der Waals surface area (Å²) in [6.07, 6.45) is 1.73. The summed E-state index contributed by atoms with van der Waals surface area (Å²) >= 11 is 5.27. The van der Waals surface area contributed by atoms with Crippen molar-refractivity contribution in [1.82, 2.24) is 14.9 Å². The predicted molar refractivity (Wildman–Crippen MR) is 102 cm³/mol. The van der Waals surface area contributed by atoms with Crippen LogP contribution in [0.15, 0.2) is 53.6 Å². The van der Waals surface area contributed by atoms with Crippen LogP contribution in [-0.4, -0.2) is 27.7 Å². The predicted octanol–water partition coefficient (Wildman–Crippen LogP) is 3.89. The summed E-state index contributed by atoms with van der Waals surface area (Å²) in [6, 6.07) is 15.7. The summed E-state index contributed by atoms with van der Waals surface area (Å²) in [6.45, 7) is 4.63. The molecule has 0 bridgehead atoms. The molecule has 0 saturated carbocycles. The summed E-state index contributed by atoms with van der Waals surface area (Å²) in [7, 11) is 0. The van der Waals surface area contributed by atoms with E-state index in [9.17, 15) is 0 Å². The molecule has 2 N–H and O–H groups in total. The third-order valence-electron chi connectivity index (χ3n) is 3.54. The zero-order valence-electron chi connectivity index (χ0n) is 14.1. The Morgan fingerprint density at radius 1 is 1.20 bits per heavy atom. The second-order valence-corrected chi connectivity index (χ2v) is 5.80. The highest BCUT2D eigenvalue weighted by Crippen LogP contribution is 2.20. The molecule has 0 aliphatic rings. The van der Waals surface area contributed by atoms with E-state index >= 15 is 0 Å². The van der Waals surface area contributed by atoms with Crippen molar-refractivity contribution in [3.05, 3.63) is 64.4 Å². The number of benzene rings is 2. The van der Waals surface area contributed by atoms with Crippen molar-refractivity contribution in [3.63, 3.8) is 0 Å². The van der Waals surface area contributed by atoms with Crippen LogP contribution < -0.4 is 10.3 Å². The van der Waals surface area contributed by atoms with Crippen molar-refractivity contribution in [1.29, 1.82) is 0 Å². The molecule has 0 amide bonds. The molecule has 0 fully saturated rings. The molecule has 0 saturated heterocycles. The lowest BCUT2D eigenvalue weighted by molar-refractivity contribution is 0.340. The van der Waals surface area contributed by atoms with Crippen molar-refractivity contribution in [3.8, 4) is 17.1 Å². The number of nitrogens with one attached hydrogen (secondary N) is 2. The summed E-state index contributed by atoms with van der Waals surface area (Å²) in [4.78, 5) is 0. The van der Waals surface area contributed by atoms with Gasteiger partial charge in [-0.2, -0.15) is 14.9 Å². The van der Waals surface area contributed by atoms with E-state index in [2.05, 4.69) is 20.8 Å². The van der Waals surface area contributed by atoms with Crippen LogP contribution >= 0.6 is 12.2 Å². The smallest absolute Gasteiger partial charge is 0.216 e. The van der Waals surface area contributed by atoms with E-state index in [0.29, 0.717) is 17.2 Å². The highest BCUT2D eigenvalue weighted by atomic mass is 32.1. The van der Waals surface area contributed by atoms with Crippen LogP contribution in [0.3, 0.4) is 0 Å². The van der Waals surface area contributed by atoms with Crippen LogP contribution in [-0.2, 0) is 0 Å². The van der Waals surface area contributed by atoms with Crippen molar-refractivity contribution in [2.24, 2.45) is 5.10 Å². The number of H-pyrrole nitrogens is 1. The number of aryl methyl sites for hydroxylation is 1. The van der Waals surface area contributed by atoms with Gasteiger partial charge >= 0.3 is 0 Å². The first-order valence-electron chi connectivity index (χ1n) is 7.94. The van der Waals surface area contributed by atoms with E-state index in [1.807, 2.05) is 62.4 Å². The molecule has 3 aromatic rings. The van der Waals surface area contributed by atoms with Gasteiger partial charge in [0.15, 0.2) is 5.82 Å². The molecular formula is C18H19N5OS. The van der Waals surface area contributed by atoms with Gasteiger partial charge in [-0.05, 0) is 55.9 Å². The van der Waals surface area contributed by atoms with Crippen molar-refractivity contribution >= 4 is 18.4 Å². The summed E-state index contributed by atoms with van der Waals surface area (Å²) in [5.74, 6) is 1.46. The fourth-order valence-corrected chi connectivity index (χ4v) is 2.44. The van der Waals surface area contributed by atoms with Crippen LogP contribution in [0, 0.1) is 11.7 Å². The van der Waals surface area contributed by atoms with Gasteiger partial charge in [0.2, 0.25) is 4.77 Å². The Morgan fingerprint density at radius 2 is 1.92 bits per heavy atom. The molecule has 128 valence electrons. The maximum Gasteiger partial charge on any atom is 0.216 e. The molecule has 2 aromatic carbocycles. The minimum atomic E-state index is 0.435. The van der Waals surface area contributed by atoms with Crippen molar-refractivity contribution in [2.45, 2.75) is 13.8 Å². The highest BCUT2D eigenvalue weighted by Gasteiger charge is 2.08. The molecule has 0 atom stereocenters. The Balaban J connectivity index is 1.79. The molecule has 0 aliphatic heterocycles. The molecule has 7 heteroatoms. The minimum absolute atomic E-state index is 0.435. The van der Waals surface area contributed by atoms with Gasteiger partial charge in [-0.3, -0.25) is 0 Å². The normalized spacial score (nSPS) is 11.0. The zero-order chi connectivity index (χ0) is 17.6. The molecule has 0 radical (unpaired) electrons. The number of nitrogens with zero attached hydrogens (tertiary/aromatic N) is 3. The number of aromatic nitrogens is 3. The molecule has 0 aliphatic carbocycles. The lowest BCUT2D eigenvalue weighted by Gasteiger charge is -2.07. The number of hydrazone groups is 1. The average molecular weight is 353 g/mol. The second-order valence-electron chi connectivity index (χ2n) is 5.41. The molecule has 0 spiro atoms. The lowest BCUT2D eigenvalue weighted by atomic mass is 10.2. The highest BCUT2D eigenvalue weighted by molar-refractivity contribution is 7.71. The van der Waals surface area contributed by atoms with Crippen LogP contribution in [0.2, 0.25) is 0 Å². The largest absolute Gasteiger partial charge is 0.494 e. The topological polar surface area (TPSA) is 67.2 Å². The Morgan fingerprint density at radius 3 is 2.60 bits per heavy atom. The Bertz CT molecular complexity index is 910. The number of ether oxygens (including phenoxy) is 1. The quantitative estimate of drug-likeness (QED) is 0.401. The number of rotatable bonds is 6. The molecule has 6 nitrogen and oxygen atoms in total. The van der Waals surface area contributed by atoms with Crippen LogP contribution in [0.25, 0.3) is 11.4 Å². The van der Waals surface area contributed by atoms with E-state index in [4.69, 9.17) is 17.0 Å². The Labute approximate surface area is 151 Å². The van der Waals surface area contributed by atoms with Gasteiger partial charge in [0.25, 0.3) is 0 Å². The van der Waals surface area contributed by atoms with Gasteiger partial charge < -0.3 is 4.74 Å². The van der Waals surface area contributed by atoms with Crippen LogP contribution in [0.1, 0.15) is 18.1 Å². The van der Waals surface area contributed by atoms with Gasteiger partial charge in [-0.25, -0.2) is 10.6 Å². The Kier molecular flexibility index (Phi) is 5.25. The van der Waals surface area contributed by atoms with Crippen molar-refractivity contribution < 1.29 is 4.74 Å². The van der Waals surface area contributed by atoms with Gasteiger partial charge in [0, 0.05) is 5.56 Å². The van der Waals surface area contributed by atoms with E-state index in [0.717, 1.165) is 16.9 Å². The second kappa shape index (κ2) is 7.76. The molecule has 25 heavy (non-hydrogen) atoms. The maximum atomic E-state index is 5.46. The third kappa shape index (κ3) is 4.13. The summed E-state index contributed by atoms with van der Waals surface area (Å²) < 4.78 is 7.52. The molecule has 3 rings (SSSR count). The van der Waals surface area contributed by atoms with Gasteiger partial charge in [-0.15, -0.1) is 0 Å². The van der Waals surface area contributed by atoms with Crippen LogP contribution in [0.4, 0.5) is 0 Å². The first-order chi connectivity index (χ1) is 12.2. The third-order valence-corrected chi connectivity index (χ3v) is 3.82. The minimum Gasteiger partial charge on any atom is -0.494 e. The van der Waals surface area contributed by atoms with E-state index in [-0.39, 0.29) is 0 Å². The Hall–Kier alpha value is -2.93. The number of hydrogen-bond donors (Lipinski definition) is 2. The zero-order valence-corrected chi connectivity index (χ0v) is 14.9. The lowest BCUT2D eigenvalue weighted by Crippen LogP contribution is -2.10. The van der Waals surface area contributed by atoms with E-state index in [1.54, 1.807) is 10.9 Å². The van der Waals surface area contributed by atoms with E-state index in [1.165, 1.54) is 5.56 Å². The van der Waals surface area contributed by atoms with Gasteiger partial charge in [0.1, 0.15) is 5.75 Å². The fraction of sp³-hybridized carbons (Fsp3) is 0.167. The van der Waals surface area contributed by atoms with Crippen molar-refractivity contribution in [2.75, 3.05) is 12.1 Å². The van der Waals surface area contributed by atoms with Crippen LogP contribution in [0.5, 0.6) is 5.75 Å². The summed E-state index contributed by atoms with van der Waals surface area (Å²) in [5.41, 5.74) is 6.02. The maximum absolute atomic E-state index is 5.46. The number of hydrogen-bond acceptors (Lipinski definition) is 5. The SMILES string of the molecule is CCOc1ccc(-c2n[nH]c(=S)n2N/N=C\c2ccc(C)cc2)cc1. The molecule has 1 heterocycles. The van der Waals surface area contributed by atoms with Gasteiger partial charge in [-0.1, -0.05) is 29.8 Å². The van der Waals surface area contributed by atoms with Gasteiger partial charge in [0.05, 0.1) is 12.8 Å². The van der Waals surface area contributed by atoms with E-state index < -0.39 is 0 Å². The molecule has 1 aromatic heterocycles. The fourth-order valence-electron chi connectivity index (χ4n) is 2.26. The first kappa shape index (κ1) is 16.9. The monoisotopic (exact) mass is 353 g/mol. The molecular weight excluding hydrogens is 334 g/mol. The first-order valence-corrected chi connectivity index (χ1v) is 8.34. The standard InChI is InChI=1S/C18H19N5OS/c1-3-24-16-10-8-15(9-11-16)17-20-21-18(25)23(17)22-19-12-14-6-4-13(2)5-7-14/h4-12,22H,3H2,1-2H3,(H,21,25)/b19-12-. The average Bonchev–Trinajstić information content (AvgIpc) is 2.99. The number of aromatic amines is 1. The molecule has 0 unspecified atom stereocenters. The summed E-state index contributed by atoms with van der Waals surface area (Å²) in [5, 5.41) is 11.3.